The highest BCUT2D eigenvalue weighted by molar-refractivity contribution is 5.97. The van der Waals surface area contributed by atoms with Crippen LogP contribution in [0.3, 0.4) is 0 Å². The van der Waals surface area contributed by atoms with Crippen molar-refractivity contribution in [2.24, 2.45) is 23.7 Å². The number of benzene rings is 1. The first-order chi connectivity index (χ1) is 10.1. The van der Waals surface area contributed by atoms with Gasteiger partial charge in [0, 0.05) is 11.9 Å². The number of carboxylic acid groups (broad SMARTS) is 1. The number of hydrogen-bond donors (Lipinski definition) is 1. The lowest BCUT2D eigenvalue weighted by Gasteiger charge is -2.28. The summed E-state index contributed by atoms with van der Waals surface area (Å²) in [4.78, 5) is 23.8. The second-order valence-corrected chi connectivity index (χ2v) is 5.51. The molecule has 1 N–H and O–H groups in total. The number of anilines is 1. The zero-order valence-corrected chi connectivity index (χ0v) is 11.6. The van der Waals surface area contributed by atoms with Crippen LogP contribution in [0, 0.1) is 23.7 Å². The minimum absolute atomic E-state index is 0.0207. The van der Waals surface area contributed by atoms with Crippen LogP contribution in [0.1, 0.15) is 6.42 Å². The van der Waals surface area contributed by atoms with Gasteiger partial charge in [-0.3, -0.25) is 4.79 Å². The van der Waals surface area contributed by atoms with Crippen molar-refractivity contribution in [2.75, 3.05) is 12.4 Å². The predicted octanol–water partition coefficient (Wildman–Crippen LogP) is 0.822. The summed E-state index contributed by atoms with van der Waals surface area (Å²) in [6.45, 7) is 0. The van der Waals surface area contributed by atoms with Gasteiger partial charge in [0.1, 0.15) is 5.75 Å². The Kier molecular flexibility index (Phi) is 3.41. The number of ether oxygens (including phenoxy) is 1. The van der Waals surface area contributed by atoms with Gasteiger partial charge in [-0.1, -0.05) is 24.3 Å². The topological polar surface area (TPSA) is 78.5 Å². The van der Waals surface area contributed by atoms with E-state index in [2.05, 4.69) is 5.32 Å². The van der Waals surface area contributed by atoms with Crippen LogP contribution in [0.2, 0.25) is 0 Å². The Balaban J connectivity index is 1.82. The number of hydrogen-bond acceptors (Lipinski definition) is 4. The quantitative estimate of drug-likeness (QED) is 0.831. The van der Waals surface area contributed by atoms with Gasteiger partial charge in [-0.25, -0.2) is 0 Å². The molecule has 0 saturated heterocycles. The number of methoxy groups -OCH3 is 1. The van der Waals surface area contributed by atoms with Crippen LogP contribution in [-0.4, -0.2) is 19.0 Å². The van der Waals surface area contributed by atoms with Crippen molar-refractivity contribution >= 4 is 17.6 Å². The Hall–Kier alpha value is -2.30. The molecule has 5 nitrogen and oxygen atoms in total. The zero-order chi connectivity index (χ0) is 15.0. The number of carbonyl (C=O) groups is 2. The highest BCUT2D eigenvalue weighted by Gasteiger charge is 2.48. The summed E-state index contributed by atoms with van der Waals surface area (Å²) in [6.07, 6.45) is 4.54. The van der Waals surface area contributed by atoms with E-state index in [4.69, 9.17) is 4.74 Å². The number of allylic oxidation sites excluding steroid dienone is 2. The van der Waals surface area contributed by atoms with Crippen molar-refractivity contribution in [3.8, 4) is 5.75 Å². The van der Waals surface area contributed by atoms with E-state index in [0.29, 0.717) is 17.9 Å². The number of rotatable bonds is 4. The van der Waals surface area contributed by atoms with E-state index in [9.17, 15) is 14.7 Å². The fourth-order valence-corrected chi connectivity index (χ4v) is 3.46. The molecule has 0 aromatic heterocycles. The Morgan fingerprint density at radius 2 is 1.86 bits per heavy atom. The second kappa shape index (κ2) is 5.24. The standard InChI is InChI=1S/C16H17NO4/c1-21-12-5-3-2-4-11(12)17-15(18)13-9-6-7-10(8-9)14(13)16(19)20/h2-7,9-10,13-14H,8H2,1H3,(H,17,18)(H,19,20)/p-1. The molecule has 21 heavy (non-hydrogen) atoms. The molecule has 2 aliphatic rings. The molecule has 5 heteroatoms. The van der Waals surface area contributed by atoms with E-state index < -0.39 is 17.8 Å². The molecule has 4 unspecified atom stereocenters. The highest BCUT2D eigenvalue weighted by Crippen LogP contribution is 2.48. The third-order valence-corrected chi connectivity index (χ3v) is 4.40. The first kappa shape index (κ1) is 13.7. The van der Waals surface area contributed by atoms with Gasteiger partial charge in [-0.15, -0.1) is 0 Å². The summed E-state index contributed by atoms with van der Waals surface area (Å²) >= 11 is 0. The molecule has 0 aliphatic heterocycles. The molecule has 0 heterocycles. The number of amides is 1. The van der Waals surface area contributed by atoms with E-state index in [1.54, 1.807) is 24.3 Å². The van der Waals surface area contributed by atoms with Gasteiger partial charge < -0.3 is 20.0 Å². The third kappa shape index (κ3) is 2.28. The van der Waals surface area contributed by atoms with Gasteiger partial charge in [-0.2, -0.15) is 0 Å². The molecule has 1 aromatic carbocycles. The number of carboxylic acids is 1. The van der Waals surface area contributed by atoms with Crippen LogP contribution in [0.15, 0.2) is 36.4 Å². The molecular weight excluding hydrogens is 270 g/mol. The first-order valence-corrected chi connectivity index (χ1v) is 6.95. The normalized spacial score (nSPS) is 29.4. The second-order valence-electron chi connectivity index (χ2n) is 5.51. The maximum Gasteiger partial charge on any atom is 0.228 e. The van der Waals surface area contributed by atoms with Crippen LogP contribution < -0.4 is 15.2 Å². The van der Waals surface area contributed by atoms with Crippen LogP contribution >= 0.6 is 0 Å². The Bertz CT molecular complexity index is 610. The van der Waals surface area contributed by atoms with E-state index in [0.717, 1.165) is 0 Å². The number of para-hydroxylation sites is 2. The summed E-state index contributed by atoms with van der Waals surface area (Å²) in [5.41, 5.74) is 0.550. The Labute approximate surface area is 122 Å². The summed E-state index contributed by atoms with van der Waals surface area (Å²) in [6, 6.07) is 7.06. The van der Waals surface area contributed by atoms with E-state index in [1.165, 1.54) is 7.11 Å². The zero-order valence-electron chi connectivity index (χ0n) is 11.6. The average Bonchev–Trinajstić information content (AvgIpc) is 3.08. The van der Waals surface area contributed by atoms with Gasteiger partial charge in [0.25, 0.3) is 0 Å². The molecule has 1 aromatic rings. The Morgan fingerprint density at radius 3 is 2.52 bits per heavy atom. The summed E-state index contributed by atoms with van der Waals surface area (Å²) in [5, 5.41) is 14.1. The van der Waals surface area contributed by atoms with Gasteiger partial charge in [-0.05, 0) is 30.4 Å². The number of nitrogens with one attached hydrogen (secondary N) is 1. The summed E-state index contributed by atoms with van der Waals surface area (Å²) < 4.78 is 5.19. The fraction of sp³-hybridized carbons (Fsp3) is 0.375. The lowest BCUT2D eigenvalue weighted by atomic mass is 9.82. The number of aliphatic carboxylic acids is 1. The number of carbonyl (C=O) groups excluding carboxylic acids is 2. The van der Waals surface area contributed by atoms with Crippen LogP contribution in [0.4, 0.5) is 5.69 Å². The summed E-state index contributed by atoms with van der Waals surface area (Å²) in [7, 11) is 1.52. The van der Waals surface area contributed by atoms with Gasteiger partial charge in [0.2, 0.25) is 5.91 Å². The molecule has 3 rings (SSSR count). The minimum Gasteiger partial charge on any atom is -0.550 e. The molecule has 0 spiro atoms. The molecule has 110 valence electrons. The van der Waals surface area contributed by atoms with Crippen molar-refractivity contribution in [3.63, 3.8) is 0 Å². The smallest absolute Gasteiger partial charge is 0.228 e. The van der Waals surface area contributed by atoms with Gasteiger partial charge in [0.15, 0.2) is 0 Å². The molecular formula is C16H16NO4-. The minimum atomic E-state index is -1.15. The van der Waals surface area contributed by atoms with Crippen molar-refractivity contribution in [1.82, 2.24) is 0 Å². The largest absolute Gasteiger partial charge is 0.550 e. The lowest BCUT2D eigenvalue weighted by molar-refractivity contribution is -0.313. The van der Waals surface area contributed by atoms with Gasteiger partial charge >= 0.3 is 0 Å². The van der Waals surface area contributed by atoms with Crippen molar-refractivity contribution < 1.29 is 19.4 Å². The molecule has 1 saturated carbocycles. The Morgan fingerprint density at radius 1 is 1.19 bits per heavy atom. The van der Waals surface area contributed by atoms with Crippen LogP contribution in [-0.2, 0) is 9.59 Å². The summed E-state index contributed by atoms with van der Waals surface area (Å²) in [5.74, 6) is -2.31. The van der Waals surface area contributed by atoms with E-state index >= 15 is 0 Å². The first-order valence-electron chi connectivity index (χ1n) is 6.95. The predicted molar refractivity (Wildman–Crippen MR) is 74.3 cm³/mol. The van der Waals surface area contributed by atoms with Gasteiger partial charge in [0.05, 0.1) is 18.7 Å². The molecule has 4 atom stereocenters. The average molecular weight is 286 g/mol. The highest BCUT2D eigenvalue weighted by atomic mass is 16.5. The number of fused-ring (bicyclic) bond motifs is 2. The van der Waals surface area contributed by atoms with Crippen LogP contribution in [0.25, 0.3) is 0 Å². The fourth-order valence-electron chi connectivity index (χ4n) is 3.46. The van der Waals surface area contributed by atoms with Crippen LogP contribution in [0.5, 0.6) is 5.75 Å². The molecule has 2 aliphatic carbocycles. The third-order valence-electron chi connectivity index (χ3n) is 4.40. The monoisotopic (exact) mass is 286 g/mol. The maximum atomic E-state index is 12.5. The molecule has 1 fully saturated rings. The van der Waals surface area contributed by atoms with Crippen molar-refractivity contribution in [3.05, 3.63) is 36.4 Å². The van der Waals surface area contributed by atoms with E-state index in [-0.39, 0.29) is 17.7 Å². The maximum absolute atomic E-state index is 12.5. The SMILES string of the molecule is COc1ccccc1NC(=O)C1C2C=CC(C2)C1C(=O)[O-]. The van der Waals surface area contributed by atoms with E-state index in [1.807, 2.05) is 12.2 Å². The molecule has 0 radical (unpaired) electrons. The molecule has 1 amide bonds. The van der Waals surface area contributed by atoms with Crippen molar-refractivity contribution in [1.29, 1.82) is 0 Å². The molecule has 2 bridgehead atoms. The lowest BCUT2D eigenvalue weighted by Crippen LogP contribution is -2.42. The van der Waals surface area contributed by atoms with Crippen molar-refractivity contribution in [2.45, 2.75) is 6.42 Å².